The first kappa shape index (κ1) is 12.8. The Balaban J connectivity index is 2.00. The number of hydrogen-bond donors (Lipinski definition) is 1. The fourth-order valence-corrected chi connectivity index (χ4v) is 2.40. The lowest BCUT2D eigenvalue weighted by Gasteiger charge is -2.06. The summed E-state index contributed by atoms with van der Waals surface area (Å²) in [6.07, 6.45) is 6.29. The molecule has 0 unspecified atom stereocenters. The van der Waals surface area contributed by atoms with Crippen molar-refractivity contribution in [1.29, 1.82) is 0 Å². The lowest BCUT2D eigenvalue weighted by Crippen LogP contribution is -2.09. The maximum absolute atomic E-state index is 9.44. The van der Waals surface area contributed by atoms with Crippen LogP contribution in [0.15, 0.2) is 30.9 Å². The molecule has 0 aromatic carbocycles. The Bertz CT molecular complexity index is 715. The molecule has 1 N–H and O–H groups in total. The third kappa shape index (κ3) is 2.18. The highest BCUT2D eigenvalue weighted by Gasteiger charge is 2.11. The second-order valence-corrected chi connectivity index (χ2v) is 4.71. The molecular weight excluding hydrogens is 254 g/mol. The zero-order valence-electron chi connectivity index (χ0n) is 11.4. The smallest absolute Gasteiger partial charge is 0.146 e. The molecule has 0 bridgehead atoms. The molecule has 6 nitrogen and oxygen atoms in total. The fraction of sp³-hybridized carbons (Fsp3) is 0.357. The van der Waals surface area contributed by atoms with E-state index in [2.05, 4.69) is 22.0 Å². The number of hydrogen-bond acceptors (Lipinski definition) is 4. The molecule has 0 spiro atoms. The van der Waals surface area contributed by atoms with Crippen molar-refractivity contribution in [3.63, 3.8) is 0 Å². The standard InChI is InChI=1S/C14H17N5O/c1-2-6-19-13(16-10-17-19)8-18-7-11(9-20)12-4-3-5-15-14(12)18/h3-5,7,10,20H,2,6,8-9H2,1H3. The molecule has 0 radical (unpaired) electrons. The van der Waals surface area contributed by atoms with Crippen LogP contribution in [0.1, 0.15) is 24.7 Å². The highest BCUT2D eigenvalue weighted by molar-refractivity contribution is 5.80. The van der Waals surface area contributed by atoms with Crippen molar-refractivity contribution in [2.24, 2.45) is 0 Å². The lowest BCUT2D eigenvalue weighted by atomic mass is 10.2. The average Bonchev–Trinajstić information content (AvgIpc) is 3.05. The van der Waals surface area contributed by atoms with Crippen LogP contribution in [0.4, 0.5) is 0 Å². The van der Waals surface area contributed by atoms with Crippen molar-refractivity contribution in [2.75, 3.05) is 0 Å². The van der Waals surface area contributed by atoms with Crippen LogP contribution in [0.25, 0.3) is 11.0 Å². The van der Waals surface area contributed by atoms with Crippen LogP contribution in [0.3, 0.4) is 0 Å². The van der Waals surface area contributed by atoms with Crippen molar-refractivity contribution in [3.05, 3.63) is 42.2 Å². The summed E-state index contributed by atoms with van der Waals surface area (Å²) in [6, 6.07) is 3.85. The second-order valence-electron chi connectivity index (χ2n) is 4.71. The number of aromatic nitrogens is 5. The number of aliphatic hydroxyl groups is 1. The van der Waals surface area contributed by atoms with Crippen LogP contribution in [0.2, 0.25) is 0 Å². The Labute approximate surface area is 116 Å². The quantitative estimate of drug-likeness (QED) is 0.765. The molecule has 0 aliphatic heterocycles. The Hall–Kier alpha value is -2.21. The molecule has 3 heterocycles. The number of aliphatic hydroxyl groups excluding tert-OH is 1. The molecule has 3 rings (SSSR count). The molecule has 0 amide bonds. The lowest BCUT2D eigenvalue weighted by molar-refractivity contribution is 0.283. The molecule has 0 saturated heterocycles. The summed E-state index contributed by atoms with van der Waals surface area (Å²) >= 11 is 0. The maximum atomic E-state index is 9.44. The van der Waals surface area contributed by atoms with Gasteiger partial charge in [0.05, 0.1) is 13.2 Å². The molecule has 0 saturated carbocycles. The van der Waals surface area contributed by atoms with Gasteiger partial charge in [-0.05, 0) is 18.6 Å². The summed E-state index contributed by atoms with van der Waals surface area (Å²) in [7, 11) is 0. The summed E-state index contributed by atoms with van der Waals surface area (Å²) in [4.78, 5) is 8.71. The zero-order chi connectivity index (χ0) is 13.9. The van der Waals surface area contributed by atoms with Crippen molar-refractivity contribution >= 4 is 11.0 Å². The van der Waals surface area contributed by atoms with Crippen LogP contribution in [-0.2, 0) is 19.7 Å². The van der Waals surface area contributed by atoms with Crippen LogP contribution >= 0.6 is 0 Å². The molecule has 3 aromatic heterocycles. The van der Waals surface area contributed by atoms with E-state index in [9.17, 15) is 5.11 Å². The highest BCUT2D eigenvalue weighted by atomic mass is 16.3. The minimum atomic E-state index is 0.0108. The van der Waals surface area contributed by atoms with Crippen LogP contribution in [-0.4, -0.2) is 29.4 Å². The topological polar surface area (TPSA) is 68.8 Å². The first-order valence-corrected chi connectivity index (χ1v) is 6.73. The van der Waals surface area contributed by atoms with Gasteiger partial charge in [0.2, 0.25) is 0 Å². The van der Waals surface area contributed by atoms with E-state index in [1.54, 1.807) is 12.5 Å². The second kappa shape index (κ2) is 5.42. The van der Waals surface area contributed by atoms with E-state index in [0.717, 1.165) is 35.4 Å². The summed E-state index contributed by atoms with van der Waals surface area (Å²) in [5.74, 6) is 0.902. The van der Waals surface area contributed by atoms with Crippen LogP contribution in [0.5, 0.6) is 0 Å². The summed E-state index contributed by atoms with van der Waals surface area (Å²) in [5.41, 5.74) is 1.75. The molecule has 6 heteroatoms. The predicted octanol–water partition coefficient (Wildman–Crippen LogP) is 1.58. The van der Waals surface area contributed by atoms with E-state index >= 15 is 0 Å². The van der Waals surface area contributed by atoms with Gasteiger partial charge in [-0.25, -0.2) is 14.6 Å². The maximum Gasteiger partial charge on any atom is 0.146 e. The summed E-state index contributed by atoms with van der Waals surface area (Å²) < 4.78 is 3.92. The van der Waals surface area contributed by atoms with Crippen LogP contribution in [0, 0.1) is 0 Å². The fourth-order valence-electron chi connectivity index (χ4n) is 2.40. The summed E-state index contributed by atoms with van der Waals surface area (Å²) in [6.45, 7) is 3.58. The van der Waals surface area contributed by atoms with Gasteiger partial charge in [0.1, 0.15) is 17.8 Å². The van der Waals surface area contributed by atoms with Gasteiger partial charge < -0.3 is 9.67 Å². The van der Waals surface area contributed by atoms with Gasteiger partial charge in [-0.15, -0.1) is 0 Å². The first-order chi connectivity index (χ1) is 9.83. The van der Waals surface area contributed by atoms with Crippen LogP contribution < -0.4 is 0 Å². The van der Waals surface area contributed by atoms with Crippen molar-refractivity contribution < 1.29 is 5.11 Å². The number of pyridine rings is 1. The molecule has 20 heavy (non-hydrogen) atoms. The third-order valence-electron chi connectivity index (χ3n) is 3.33. The molecule has 104 valence electrons. The Kier molecular flexibility index (Phi) is 3.47. The van der Waals surface area contributed by atoms with Crippen molar-refractivity contribution in [3.8, 4) is 0 Å². The third-order valence-corrected chi connectivity index (χ3v) is 3.33. The van der Waals surface area contributed by atoms with Crippen molar-refractivity contribution in [2.45, 2.75) is 33.0 Å². The molecule has 0 atom stereocenters. The molecule has 0 aliphatic rings. The number of rotatable bonds is 5. The van der Waals surface area contributed by atoms with Gasteiger partial charge in [-0.1, -0.05) is 6.92 Å². The monoisotopic (exact) mass is 271 g/mol. The normalized spacial score (nSPS) is 11.3. The van der Waals surface area contributed by atoms with Gasteiger partial charge in [0, 0.05) is 29.9 Å². The van der Waals surface area contributed by atoms with E-state index in [1.165, 1.54) is 0 Å². The first-order valence-electron chi connectivity index (χ1n) is 6.73. The Morgan fingerprint density at radius 3 is 3.00 bits per heavy atom. The summed E-state index contributed by atoms with van der Waals surface area (Å²) in [5, 5.41) is 14.7. The minimum absolute atomic E-state index is 0.0108. The molecular formula is C14H17N5O. The van der Waals surface area contributed by atoms with Gasteiger partial charge in [0.15, 0.2) is 0 Å². The predicted molar refractivity (Wildman–Crippen MR) is 75.1 cm³/mol. The Morgan fingerprint density at radius 1 is 1.30 bits per heavy atom. The average molecular weight is 271 g/mol. The van der Waals surface area contributed by atoms with Gasteiger partial charge in [0.25, 0.3) is 0 Å². The van der Waals surface area contributed by atoms with E-state index in [0.29, 0.717) is 6.54 Å². The molecule has 0 fully saturated rings. The number of fused-ring (bicyclic) bond motifs is 1. The number of aryl methyl sites for hydroxylation is 1. The van der Waals surface area contributed by atoms with E-state index in [1.807, 2.05) is 27.6 Å². The SMILES string of the molecule is CCCn1ncnc1Cn1cc(CO)c2cccnc21. The highest BCUT2D eigenvalue weighted by Crippen LogP contribution is 2.20. The van der Waals surface area contributed by atoms with E-state index < -0.39 is 0 Å². The van der Waals surface area contributed by atoms with Gasteiger partial charge in [-0.3, -0.25) is 0 Å². The van der Waals surface area contributed by atoms with Gasteiger partial charge >= 0.3 is 0 Å². The number of nitrogens with zero attached hydrogens (tertiary/aromatic N) is 5. The van der Waals surface area contributed by atoms with Crippen molar-refractivity contribution in [1.82, 2.24) is 24.3 Å². The molecule has 0 aliphatic carbocycles. The van der Waals surface area contributed by atoms with E-state index in [-0.39, 0.29) is 6.61 Å². The Morgan fingerprint density at radius 2 is 2.20 bits per heavy atom. The largest absolute Gasteiger partial charge is 0.392 e. The minimum Gasteiger partial charge on any atom is -0.392 e. The van der Waals surface area contributed by atoms with Gasteiger partial charge in [-0.2, -0.15) is 5.10 Å². The zero-order valence-corrected chi connectivity index (χ0v) is 11.4. The molecule has 3 aromatic rings. The van der Waals surface area contributed by atoms with E-state index in [4.69, 9.17) is 0 Å².